The van der Waals surface area contributed by atoms with E-state index in [4.69, 9.17) is 32.8 Å². The van der Waals surface area contributed by atoms with Crippen molar-refractivity contribution in [1.82, 2.24) is 0 Å². The molecule has 0 bridgehead atoms. The van der Waals surface area contributed by atoms with Gasteiger partial charge in [0.15, 0.2) is 25.7 Å². The van der Waals surface area contributed by atoms with Gasteiger partial charge in [-0.25, -0.2) is 0 Å². The number of rotatable bonds is 2. The average Bonchev–Trinajstić information content (AvgIpc) is 1.72. The molecule has 1 N–H and O–H groups in total. The third-order valence-corrected chi connectivity index (χ3v) is 33.8. The molecule has 26 atom stereocenters. The standard InChI is InChI=1S/C28H48O3Si.2C22H34O3.CH4/c1-25(2,3)32(8,9)31-21-14-13-18-22-19(15-17-28(18,21)7)27(6)16-11-10-12-20(27)23-24(22)30-26(4,5)29-23;2*1-20(2)24-18-15-7-5-6-11-21(15,3)14-10-12-22(4)13(8-9-16(22)23)17(14)19(18)25-20;/h10,12,18-24H,11,13-17H2,1-9H3;13-15,17-19H,5-12H2,1-4H3;5,7,13-19,23H,6,8-12H2,1-4H3;1H4/t18?,19?,20?,21-,22?,23+,24+,27+,28-;13?,14?,15?,17?,18-,19-,21-,22+;13?,14?,15?,16-,17?,18+,19+,21+,22-;/m010./s1. The van der Waals surface area contributed by atoms with E-state index < -0.39 is 25.7 Å². The van der Waals surface area contributed by atoms with E-state index >= 15 is 0 Å². The highest BCUT2D eigenvalue weighted by molar-refractivity contribution is 6.74. The van der Waals surface area contributed by atoms with Crippen molar-refractivity contribution < 1.29 is 42.7 Å². The molecule has 470 valence electrons. The van der Waals surface area contributed by atoms with Crippen molar-refractivity contribution in [1.29, 1.82) is 0 Å². The third-order valence-electron chi connectivity index (χ3n) is 29.3. The lowest BCUT2D eigenvalue weighted by Crippen LogP contribution is -2.62. The largest absolute Gasteiger partial charge is 0.413 e. The van der Waals surface area contributed by atoms with Crippen LogP contribution < -0.4 is 0 Å². The normalized spacial score (nSPS) is 54.1. The van der Waals surface area contributed by atoms with Crippen LogP contribution >= 0.6 is 0 Å². The summed E-state index contributed by atoms with van der Waals surface area (Å²) in [6.45, 7) is 39.4. The van der Waals surface area contributed by atoms with Crippen molar-refractivity contribution in [2.24, 2.45) is 104 Å². The van der Waals surface area contributed by atoms with Gasteiger partial charge in [-0.1, -0.05) is 107 Å². The molecule has 0 spiro atoms. The fraction of sp³-hybridized carbons (Fsp3) is 0.932. The molecule has 15 aliphatic rings. The quantitative estimate of drug-likeness (QED) is 0.214. The van der Waals surface area contributed by atoms with Gasteiger partial charge in [0.25, 0.3) is 0 Å². The second-order valence-corrected chi connectivity index (χ2v) is 40.2. The predicted molar refractivity (Wildman–Crippen MR) is 332 cm³/mol. The van der Waals surface area contributed by atoms with Crippen LogP contribution in [0.25, 0.3) is 0 Å². The van der Waals surface area contributed by atoms with Crippen LogP contribution in [0, 0.1) is 104 Å². The summed E-state index contributed by atoms with van der Waals surface area (Å²) in [6, 6.07) is 0. The van der Waals surface area contributed by atoms with Gasteiger partial charge in [-0.15, -0.1) is 0 Å². The van der Waals surface area contributed by atoms with Gasteiger partial charge in [0.05, 0.1) is 48.8 Å². The van der Waals surface area contributed by atoms with Crippen molar-refractivity contribution in [2.75, 3.05) is 0 Å². The second-order valence-electron chi connectivity index (χ2n) is 35.5. The molecule has 0 radical (unpaired) electrons. The van der Waals surface area contributed by atoms with Gasteiger partial charge in [-0.3, -0.25) is 4.79 Å². The Kier molecular flexibility index (Phi) is 15.4. The van der Waals surface area contributed by atoms with E-state index in [2.05, 4.69) is 141 Å². The molecule has 0 amide bonds. The fourth-order valence-electron chi connectivity index (χ4n) is 24.2. The van der Waals surface area contributed by atoms with Gasteiger partial charge in [0, 0.05) is 23.7 Å². The Morgan fingerprint density at radius 2 is 0.916 bits per heavy atom. The first-order valence-electron chi connectivity index (χ1n) is 34.5. The molecule has 9 nitrogen and oxygen atoms in total. The minimum absolute atomic E-state index is 0. The van der Waals surface area contributed by atoms with Crippen LogP contribution in [-0.2, 0) is 37.6 Å². The molecule has 10 saturated carbocycles. The number of hydrogen-bond donors (Lipinski definition) is 1. The SMILES string of the molecule is C.CC1(C)O[C@@H]2C3C(CC[C@@]4(C)C3CC[C@@H]4O)[C@@]3(C)CCC=CC3[C@H]2O1.CC1(C)O[C@@H]2C3C(CC[C@@]4(C)C3CC[C@@H]4O[Si](C)(C)C(C)(C)C)[C@@]3(C)CCC=CC3[C@H]2O1.CC1(C)O[C@@H]2C3C(CC[C@]4(C)C(=O)CCC34)[C@@]3(C)CCCCC3[C@H]2O1. The van der Waals surface area contributed by atoms with Crippen molar-refractivity contribution >= 4 is 14.1 Å². The molecule has 0 aromatic rings. The maximum atomic E-state index is 12.7. The molecule has 13 fully saturated rings. The second kappa shape index (κ2) is 20.5. The molecule has 15 rings (SSSR count). The molecule has 83 heavy (non-hydrogen) atoms. The number of carbonyl (C=O) groups excluding carboxylic acids is 1. The zero-order chi connectivity index (χ0) is 58.5. The van der Waals surface area contributed by atoms with E-state index in [0.717, 1.165) is 38.0 Å². The number of aliphatic hydroxyl groups excluding tert-OH is 1. The lowest BCUT2D eigenvalue weighted by Gasteiger charge is -2.62. The zero-order valence-corrected chi connectivity index (χ0v) is 55.7. The molecule has 3 saturated heterocycles. The lowest BCUT2D eigenvalue weighted by molar-refractivity contribution is -0.177. The number of hydrogen-bond acceptors (Lipinski definition) is 9. The van der Waals surface area contributed by atoms with E-state index in [1.165, 1.54) is 96.3 Å². The number of fused-ring (bicyclic) bond motifs is 24. The summed E-state index contributed by atoms with van der Waals surface area (Å²) in [4.78, 5) is 12.7. The Hall–Kier alpha value is -0.953. The number of ether oxygens (including phenoxy) is 6. The molecular weight excluding hydrogens is 1050 g/mol. The van der Waals surface area contributed by atoms with Crippen LogP contribution in [0.3, 0.4) is 0 Å². The molecule has 3 heterocycles. The van der Waals surface area contributed by atoms with Gasteiger partial charge in [-0.2, -0.15) is 0 Å². The highest BCUT2D eigenvalue weighted by Crippen LogP contribution is 2.72. The minimum Gasteiger partial charge on any atom is -0.413 e. The number of allylic oxidation sites excluding steroid dienone is 2. The maximum Gasteiger partial charge on any atom is 0.192 e. The molecule has 0 aromatic carbocycles. The predicted octanol–water partition coefficient (Wildman–Crippen LogP) is 17.0. The van der Waals surface area contributed by atoms with E-state index in [1.54, 1.807) is 0 Å². The Morgan fingerprint density at radius 1 is 0.470 bits per heavy atom. The summed E-state index contributed by atoms with van der Waals surface area (Å²) in [5.74, 6) is 6.25. The molecule has 0 aromatic heterocycles. The monoisotopic (exact) mass is 1170 g/mol. The smallest absolute Gasteiger partial charge is 0.192 e. The van der Waals surface area contributed by atoms with Crippen molar-refractivity contribution in [3.8, 4) is 0 Å². The summed E-state index contributed by atoms with van der Waals surface area (Å²) in [5.41, 5.74) is 1.28. The first-order valence-corrected chi connectivity index (χ1v) is 37.4. The van der Waals surface area contributed by atoms with E-state index in [9.17, 15) is 9.90 Å². The number of Topliss-reactive ketones (excluding diaryl/α,β-unsaturated/α-hetero) is 1. The van der Waals surface area contributed by atoms with Crippen molar-refractivity contribution in [3.63, 3.8) is 0 Å². The van der Waals surface area contributed by atoms with Crippen LogP contribution in [-0.4, -0.2) is 85.4 Å². The average molecular weight is 1170 g/mol. The number of carbonyl (C=O) groups is 1. The molecule has 12 aliphatic carbocycles. The van der Waals surface area contributed by atoms with Crippen molar-refractivity contribution in [2.45, 2.75) is 324 Å². The summed E-state index contributed by atoms with van der Waals surface area (Å²) >= 11 is 0. The van der Waals surface area contributed by atoms with Gasteiger partial charge < -0.3 is 38.0 Å². The van der Waals surface area contributed by atoms with Crippen LogP contribution in [0.5, 0.6) is 0 Å². The van der Waals surface area contributed by atoms with E-state index in [1.807, 2.05) is 0 Å². The van der Waals surface area contributed by atoms with Crippen LogP contribution in [0.4, 0.5) is 0 Å². The zero-order valence-electron chi connectivity index (χ0n) is 54.7. The Bertz CT molecular complexity index is 2510. The summed E-state index contributed by atoms with van der Waals surface area (Å²) in [6.07, 6.45) is 35.4. The first kappa shape index (κ1) is 62.2. The Labute approximate surface area is 506 Å². The highest BCUT2D eigenvalue weighted by atomic mass is 28.4. The fourth-order valence-corrected chi connectivity index (χ4v) is 25.6. The van der Waals surface area contributed by atoms with Gasteiger partial charge in [-0.05, 0) is 255 Å². The van der Waals surface area contributed by atoms with Gasteiger partial charge in [0.1, 0.15) is 5.78 Å². The molecule has 12 unspecified atom stereocenters. The Morgan fingerprint density at radius 3 is 1.47 bits per heavy atom. The molecule has 3 aliphatic heterocycles. The topological polar surface area (TPSA) is 102 Å². The Balaban J connectivity index is 0.000000123. The van der Waals surface area contributed by atoms with Gasteiger partial charge >= 0.3 is 0 Å². The first-order chi connectivity index (χ1) is 38.2. The highest BCUT2D eigenvalue weighted by Gasteiger charge is 2.72. The third kappa shape index (κ3) is 9.40. The molecule has 10 heteroatoms. The minimum atomic E-state index is -1.79. The molecular formula is C73H120O9Si. The van der Waals surface area contributed by atoms with E-state index in [0.29, 0.717) is 93.2 Å². The van der Waals surface area contributed by atoms with Gasteiger partial charge in [0.2, 0.25) is 0 Å². The van der Waals surface area contributed by atoms with Crippen LogP contribution in [0.1, 0.15) is 240 Å². The van der Waals surface area contributed by atoms with Crippen LogP contribution in [0.15, 0.2) is 24.3 Å². The lowest BCUT2D eigenvalue weighted by atomic mass is 9.44. The maximum absolute atomic E-state index is 12.7. The summed E-state index contributed by atoms with van der Waals surface area (Å²) in [5, 5.41) is 11.0. The summed E-state index contributed by atoms with van der Waals surface area (Å²) < 4.78 is 46.8. The van der Waals surface area contributed by atoms with E-state index in [-0.39, 0.29) is 71.4 Å². The number of ketones is 1. The number of aliphatic hydroxyl groups is 1. The summed E-state index contributed by atoms with van der Waals surface area (Å²) in [7, 11) is -1.79. The van der Waals surface area contributed by atoms with Crippen molar-refractivity contribution in [3.05, 3.63) is 24.3 Å². The van der Waals surface area contributed by atoms with Crippen LogP contribution in [0.2, 0.25) is 18.1 Å².